The van der Waals surface area contributed by atoms with Crippen LogP contribution in [0.3, 0.4) is 0 Å². The van der Waals surface area contributed by atoms with Crippen LogP contribution in [0.5, 0.6) is 0 Å². The number of carbonyl (C=O) groups excluding carboxylic acids is 1. The second-order valence-electron chi connectivity index (χ2n) is 9.03. The largest absolute Gasteiger partial charge is 0.338 e. The number of hydrogen-bond donors (Lipinski definition) is 0. The first-order valence-corrected chi connectivity index (χ1v) is 10.6. The quantitative estimate of drug-likeness (QED) is 0.546. The van der Waals surface area contributed by atoms with Crippen LogP contribution in [0, 0.1) is 32.6 Å². The zero-order chi connectivity index (χ0) is 20.7. The minimum absolute atomic E-state index is 0.131. The monoisotopic (exact) mass is 386 g/mol. The van der Waals surface area contributed by atoms with Gasteiger partial charge in [0.05, 0.1) is 16.8 Å². The van der Waals surface area contributed by atoms with E-state index in [4.69, 9.17) is 4.98 Å². The maximum Gasteiger partial charge on any atom is 0.254 e. The molecule has 0 unspecified atom stereocenters. The minimum atomic E-state index is 0.131. The predicted molar refractivity (Wildman–Crippen MR) is 120 cm³/mol. The van der Waals surface area contributed by atoms with Crippen LogP contribution in [0.2, 0.25) is 0 Å². The Morgan fingerprint density at radius 2 is 1.66 bits per heavy atom. The van der Waals surface area contributed by atoms with E-state index >= 15 is 0 Å². The van der Waals surface area contributed by atoms with Crippen molar-refractivity contribution in [3.63, 3.8) is 0 Å². The molecule has 0 radical (unpaired) electrons. The first-order valence-electron chi connectivity index (χ1n) is 10.6. The summed E-state index contributed by atoms with van der Waals surface area (Å²) in [4.78, 5) is 20.6. The second kappa shape index (κ2) is 7.62. The predicted octanol–water partition coefficient (Wildman–Crippen LogP) is 5.95. The van der Waals surface area contributed by atoms with Gasteiger partial charge in [-0.2, -0.15) is 0 Å². The zero-order valence-electron chi connectivity index (χ0n) is 18.1. The fourth-order valence-corrected chi connectivity index (χ4v) is 4.56. The number of aryl methyl sites for hydroxylation is 3. The number of carbonyl (C=O) groups is 1. The Kier molecular flexibility index (Phi) is 5.16. The minimum Gasteiger partial charge on any atom is -0.338 e. The fraction of sp³-hybridized carbons (Fsp3) is 0.385. The van der Waals surface area contributed by atoms with Crippen molar-refractivity contribution in [2.24, 2.45) is 11.8 Å². The number of hydrogen-bond acceptors (Lipinski definition) is 2. The molecule has 0 aliphatic carbocycles. The molecule has 3 heteroatoms. The Morgan fingerprint density at radius 3 is 2.34 bits per heavy atom. The van der Waals surface area contributed by atoms with Crippen molar-refractivity contribution in [2.45, 2.75) is 41.0 Å². The topological polar surface area (TPSA) is 33.2 Å². The van der Waals surface area contributed by atoms with E-state index in [-0.39, 0.29) is 5.91 Å². The van der Waals surface area contributed by atoms with E-state index in [2.05, 4.69) is 65.0 Å². The Hall–Kier alpha value is -2.68. The van der Waals surface area contributed by atoms with Crippen LogP contribution in [0.25, 0.3) is 22.2 Å². The van der Waals surface area contributed by atoms with Gasteiger partial charge >= 0.3 is 0 Å². The number of pyridine rings is 1. The van der Waals surface area contributed by atoms with E-state index in [1.165, 1.54) is 17.5 Å². The summed E-state index contributed by atoms with van der Waals surface area (Å²) in [6.07, 6.45) is 1.19. The molecule has 0 saturated carbocycles. The fourth-order valence-electron chi connectivity index (χ4n) is 4.56. The smallest absolute Gasteiger partial charge is 0.254 e. The standard InChI is InChI=1S/C26H30N2O/c1-16-6-9-24-22(11-16)23(26(29)28-14-17(2)10-18(3)15-28)13-25(27-24)21-8-7-19(4)20(5)12-21/h6-9,11-13,17-18H,10,14-15H2,1-5H3/t17-,18+. The summed E-state index contributed by atoms with van der Waals surface area (Å²) in [6, 6.07) is 14.6. The van der Waals surface area contributed by atoms with E-state index in [0.29, 0.717) is 11.8 Å². The van der Waals surface area contributed by atoms with Gasteiger partial charge in [-0.25, -0.2) is 4.98 Å². The first-order chi connectivity index (χ1) is 13.8. The van der Waals surface area contributed by atoms with E-state index < -0.39 is 0 Å². The van der Waals surface area contributed by atoms with Crippen LogP contribution in [0.15, 0.2) is 42.5 Å². The number of likely N-dealkylation sites (tertiary alicyclic amines) is 1. The summed E-state index contributed by atoms with van der Waals surface area (Å²) in [6.45, 7) is 12.4. The highest BCUT2D eigenvalue weighted by atomic mass is 16.2. The second-order valence-corrected chi connectivity index (χ2v) is 9.03. The van der Waals surface area contributed by atoms with Gasteiger partial charge < -0.3 is 4.90 Å². The summed E-state index contributed by atoms with van der Waals surface area (Å²) < 4.78 is 0. The summed E-state index contributed by atoms with van der Waals surface area (Å²) in [5, 5.41) is 0.952. The molecule has 0 bridgehead atoms. The molecule has 1 aromatic heterocycles. The third-order valence-electron chi connectivity index (χ3n) is 6.15. The molecule has 2 aromatic carbocycles. The van der Waals surface area contributed by atoms with Gasteiger partial charge in [-0.3, -0.25) is 4.79 Å². The highest BCUT2D eigenvalue weighted by molar-refractivity contribution is 6.07. The first kappa shape index (κ1) is 19.6. The van der Waals surface area contributed by atoms with Crippen LogP contribution in [0.1, 0.15) is 47.3 Å². The molecule has 1 saturated heterocycles. The van der Waals surface area contributed by atoms with E-state index in [9.17, 15) is 4.79 Å². The molecule has 1 fully saturated rings. The maximum atomic E-state index is 13.6. The van der Waals surface area contributed by atoms with Crippen LogP contribution in [0.4, 0.5) is 0 Å². The zero-order valence-corrected chi connectivity index (χ0v) is 18.1. The SMILES string of the molecule is Cc1ccc2nc(-c3ccc(C)c(C)c3)cc(C(=O)N3C[C@H](C)C[C@H](C)C3)c2c1. The van der Waals surface area contributed by atoms with Crippen molar-refractivity contribution in [2.75, 3.05) is 13.1 Å². The molecular formula is C26H30N2O. The number of aromatic nitrogens is 1. The summed E-state index contributed by atoms with van der Waals surface area (Å²) in [5.74, 6) is 1.21. The summed E-state index contributed by atoms with van der Waals surface area (Å²) >= 11 is 0. The molecule has 4 rings (SSSR count). The van der Waals surface area contributed by atoms with Gasteiger partial charge in [0.15, 0.2) is 0 Å². The molecule has 0 N–H and O–H groups in total. The molecule has 29 heavy (non-hydrogen) atoms. The van der Waals surface area contributed by atoms with Gasteiger partial charge in [-0.05, 0) is 74.4 Å². The summed E-state index contributed by atoms with van der Waals surface area (Å²) in [5.41, 5.74) is 7.22. The van der Waals surface area contributed by atoms with Crippen molar-refractivity contribution in [3.8, 4) is 11.3 Å². The Bertz CT molecular complexity index is 1080. The van der Waals surface area contributed by atoms with Crippen LogP contribution in [-0.4, -0.2) is 28.9 Å². The molecule has 1 amide bonds. The van der Waals surface area contributed by atoms with Crippen molar-refractivity contribution in [1.82, 2.24) is 9.88 Å². The van der Waals surface area contributed by atoms with Crippen molar-refractivity contribution in [1.29, 1.82) is 0 Å². The van der Waals surface area contributed by atoms with Crippen LogP contribution >= 0.6 is 0 Å². The number of amides is 1. The van der Waals surface area contributed by atoms with Gasteiger partial charge in [-0.15, -0.1) is 0 Å². The molecule has 3 aromatic rings. The molecule has 150 valence electrons. The maximum absolute atomic E-state index is 13.6. The van der Waals surface area contributed by atoms with Crippen molar-refractivity contribution < 1.29 is 4.79 Å². The van der Waals surface area contributed by atoms with Gasteiger partial charge in [0.2, 0.25) is 0 Å². The van der Waals surface area contributed by atoms with Crippen LogP contribution in [-0.2, 0) is 0 Å². The lowest BCUT2D eigenvalue weighted by Gasteiger charge is -2.35. The van der Waals surface area contributed by atoms with Crippen molar-refractivity contribution in [3.05, 3.63) is 64.7 Å². The molecule has 2 heterocycles. The van der Waals surface area contributed by atoms with Gasteiger partial charge in [-0.1, -0.05) is 37.6 Å². The van der Waals surface area contributed by atoms with Crippen LogP contribution < -0.4 is 0 Å². The Balaban J connectivity index is 1.85. The number of piperidine rings is 1. The normalized spacial score (nSPS) is 19.6. The number of benzene rings is 2. The number of nitrogens with zero attached hydrogens (tertiary/aromatic N) is 2. The Labute approximate surface area is 173 Å². The Morgan fingerprint density at radius 1 is 0.931 bits per heavy atom. The molecule has 1 aliphatic heterocycles. The highest BCUT2D eigenvalue weighted by Crippen LogP contribution is 2.29. The lowest BCUT2D eigenvalue weighted by atomic mass is 9.91. The van der Waals surface area contributed by atoms with E-state index in [0.717, 1.165) is 46.4 Å². The van der Waals surface area contributed by atoms with Gasteiger partial charge in [0, 0.05) is 24.0 Å². The highest BCUT2D eigenvalue weighted by Gasteiger charge is 2.27. The number of rotatable bonds is 2. The third-order valence-corrected chi connectivity index (χ3v) is 6.15. The van der Waals surface area contributed by atoms with E-state index in [1.807, 2.05) is 17.0 Å². The average Bonchev–Trinajstić information content (AvgIpc) is 2.68. The molecule has 1 aliphatic rings. The molecular weight excluding hydrogens is 356 g/mol. The molecule has 3 nitrogen and oxygen atoms in total. The average molecular weight is 387 g/mol. The molecule has 0 spiro atoms. The lowest BCUT2D eigenvalue weighted by molar-refractivity contribution is 0.0625. The third kappa shape index (κ3) is 3.91. The summed E-state index contributed by atoms with van der Waals surface area (Å²) in [7, 11) is 0. The van der Waals surface area contributed by atoms with Gasteiger partial charge in [0.25, 0.3) is 5.91 Å². The molecule has 2 atom stereocenters. The van der Waals surface area contributed by atoms with Crippen molar-refractivity contribution >= 4 is 16.8 Å². The lowest BCUT2D eigenvalue weighted by Crippen LogP contribution is -2.42. The van der Waals surface area contributed by atoms with Gasteiger partial charge in [0.1, 0.15) is 0 Å². The van der Waals surface area contributed by atoms with E-state index in [1.54, 1.807) is 0 Å². The number of fused-ring (bicyclic) bond motifs is 1.